The van der Waals surface area contributed by atoms with Crippen LogP contribution in [0.15, 0.2) is 22.7 Å². The molecular weight excluding hydrogens is 216 g/mol. The van der Waals surface area contributed by atoms with Gasteiger partial charge in [0.15, 0.2) is 0 Å². The predicted octanol–water partition coefficient (Wildman–Crippen LogP) is 2.11. The standard InChI is InChI=1S/C12H16N4O/c1-4-10(13-3)12-16-15-11(17-12)9-6-5-8(2)14-7-9/h5-7,10,13H,4H2,1-3H3. The van der Waals surface area contributed by atoms with Crippen LogP contribution in [0.25, 0.3) is 11.5 Å². The highest BCUT2D eigenvalue weighted by Crippen LogP contribution is 2.21. The van der Waals surface area contributed by atoms with Gasteiger partial charge < -0.3 is 9.73 Å². The lowest BCUT2D eigenvalue weighted by atomic mass is 10.2. The zero-order valence-corrected chi connectivity index (χ0v) is 10.3. The molecule has 0 aliphatic rings. The normalized spacial score (nSPS) is 12.6. The van der Waals surface area contributed by atoms with E-state index in [4.69, 9.17) is 4.42 Å². The van der Waals surface area contributed by atoms with E-state index in [1.807, 2.05) is 26.1 Å². The lowest BCUT2D eigenvalue weighted by Gasteiger charge is -2.07. The van der Waals surface area contributed by atoms with Crippen molar-refractivity contribution in [2.24, 2.45) is 0 Å². The van der Waals surface area contributed by atoms with Crippen molar-refractivity contribution in [1.82, 2.24) is 20.5 Å². The molecule has 0 aliphatic heterocycles. The van der Waals surface area contributed by atoms with Crippen LogP contribution in [0.5, 0.6) is 0 Å². The molecule has 1 N–H and O–H groups in total. The van der Waals surface area contributed by atoms with Crippen LogP contribution in [0, 0.1) is 6.92 Å². The summed E-state index contributed by atoms with van der Waals surface area (Å²) in [5.74, 6) is 1.13. The molecule has 2 rings (SSSR count). The van der Waals surface area contributed by atoms with Crippen LogP contribution in [-0.2, 0) is 0 Å². The number of pyridine rings is 1. The zero-order chi connectivity index (χ0) is 12.3. The first-order valence-electron chi connectivity index (χ1n) is 5.68. The maximum Gasteiger partial charge on any atom is 0.249 e. The first-order chi connectivity index (χ1) is 8.24. The smallest absolute Gasteiger partial charge is 0.249 e. The molecule has 0 aromatic carbocycles. The molecule has 1 unspecified atom stereocenters. The molecule has 0 fully saturated rings. The Kier molecular flexibility index (Phi) is 3.49. The van der Waals surface area contributed by atoms with Crippen molar-refractivity contribution >= 4 is 0 Å². The van der Waals surface area contributed by atoms with Crippen molar-refractivity contribution in [3.63, 3.8) is 0 Å². The molecule has 90 valence electrons. The van der Waals surface area contributed by atoms with Gasteiger partial charge >= 0.3 is 0 Å². The molecular formula is C12H16N4O. The number of rotatable bonds is 4. The third kappa shape index (κ3) is 2.50. The van der Waals surface area contributed by atoms with Gasteiger partial charge in [-0.15, -0.1) is 10.2 Å². The number of aromatic nitrogens is 3. The third-order valence-electron chi connectivity index (χ3n) is 2.65. The van der Waals surface area contributed by atoms with E-state index in [-0.39, 0.29) is 6.04 Å². The topological polar surface area (TPSA) is 63.8 Å². The van der Waals surface area contributed by atoms with E-state index in [9.17, 15) is 0 Å². The molecule has 17 heavy (non-hydrogen) atoms. The molecule has 2 heterocycles. The van der Waals surface area contributed by atoms with Crippen LogP contribution in [0.3, 0.4) is 0 Å². The van der Waals surface area contributed by atoms with E-state index in [2.05, 4.69) is 27.4 Å². The largest absolute Gasteiger partial charge is 0.419 e. The Morgan fingerprint density at radius 1 is 1.35 bits per heavy atom. The van der Waals surface area contributed by atoms with Crippen molar-refractivity contribution in [2.75, 3.05) is 7.05 Å². The molecule has 5 nitrogen and oxygen atoms in total. The minimum absolute atomic E-state index is 0.106. The molecule has 0 saturated heterocycles. The summed E-state index contributed by atoms with van der Waals surface area (Å²) in [6, 6.07) is 3.96. The average molecular weight is 232 g/mol. The van der Waals surface area contributed by atoms with E-state index in [1.165, 1.54) is 0 Å². The number of hydrogen-bond donors (Lipinski definition) is 1. The van der Waals surface area contributed by atoms with Gasteiger partial charge in [0.1, 0.15) is 0 Å². The van der Waals surface area contributed by atoms with Gasteiger partial charge in [0.2, 0.25) is 11.8 Å². The fourth-order valence-electron chi connectivity index (χ4n) is 1.59. The summed E-state index contributed by atoms with van der Waals surface area (Å²) in [5.41, 5.74) is 1.82. The highest BCUT2D eigenvalue weighted by molar-refractivity contribution is 5.50. The second-order valence-electron chi connectivity index (χ2n) is 3.88. The van der Waals surface area contributed by atoms with Crippen LogP contribution < -0.4 is 5.32 Å². The van der Waals surface area contributed by atoms with Crippen molar-refractivity contribution in [3.8, 4) is 11.5 Å². The van der Waals surface area contributed by atoms with E-state index < -0.39 is 0 Å². The first kappa shape index (κ1) is 11.7. The molecule has 5 heteroatoms. The van der Waals surface area contributed by atoms with E-state index in [0.717, 1.165) is 17.7 Å². The lowest BCUT2D eigenvalue weighted by molar-refractivity contribution is 0.415. The van der Waals surface area contributed by atoms with Crippen LogP contribution in [-0.4, -0.2) is 22.2 Å². The molecule has 0 bridgehead atoms. The third-order valence-corrected chi connectivity index (χ3v) is 2.65. The van der Waals surface area contributed by atoms with Crippen molar-refractivity contribution < 1.29 is 4.42 Å². The Bertz CT molecular complexity index is 474. The van der Waals surface area contributed by atoms with Crippen molar-refractivity contribution in [3.05, 3.63) is 29.9 Å². The Labute approximate surface area is 100 Å². The van der Waals surface area contributed by atoms with Gasteiger partial charge in [0.25, 0.3) is 0 Å². The molecule has 0 spiro atoms. The van der Waals surface area contributed by atoms with Gasteiger partial charge in [0.05, 0.1) is 11.6 Å². The van der Waals surface area contributed by atoms with E-state index >= 15 is 0 Å². The van der Waals surface area contributed by atoms with Crippen LogP contribution in [0.1, 0.15) is 31.0 Å². The summed E-state index contributed by atoms with van der Waals surface area (Å²) in [5, 5.41) is 11.2. The Morgan fingerprint density at radius 2 is 2.18 bits per heavy atom. The summed E-state index contributed by atoms with van der Waals surface area (Å²) >= 11 is 0. The summed E-state index contributed by atoms with van der Waals surface area (Å²) < 4.78 is 5.63. The average Bonchev–Trinajstić information content (AvgIpc) is 2.81. The Balaban J connectivity index is 2.26. The molecule has 2 aromatic heterocycles. The number of aryl methyl sites for hydroxylation is 1. The van der Waals surface area contributed by atoms with E-state index in [0.29, 0.717) is 11.8 Å². The Morgan fingerprint density at radius 3 is 2.76 bits per heavy atom. The zero-order valence-electron chi connectivity index (χ0n) is 10.3. The number of hydrogen-bond acceptors (Lipinski definition) is 5. The minimum atomic E-state index is 0.106. The monoisotopic (exact) mass is 232 g/mol. The Hall–Kier alpha value is -1.75. The van der Waals surface area contributed by atoms with Gasteiger partial charge in [-0.3, -0.25) is 4.98 Å². The fraction of sp³-hybridized carbons (Fsp3) is 0.417. The van der Waals surface area contributed by atoms with Gasteiger partial charge in [-0.25, -0.2) is 0 Å². The van der Waals surface area contributed by atoms with Crippen LogP contribution in [0.2, 0.25) is 0 Å². The molecule has 0 saturated carbocycles. The van der Waals surface area contributed by atoms with Crippen LogP contribution >= 0.6 is 0 Å². The summed E-state index contributed by atoms with van der Waals surface area (Å²) in [6.07, 6.45) is 2.65. The van der Waals surface area contributed by atoms with Gasteiger partial charge in [-0.2, -0.15) is 0 Å². The number of nitrogens with one attached hydrogen (secondary N) is 1. The fourth-order valence-corrected chi connectivity index (χ4v) is 1.59. The predicted molar refractivity (Wildman–Crippen MR) is 64.4 cm³/mol. The summed E-state index contributed by atoms with van der Waals surface area (Å²) in [4.78, 5) is 4.21. The SMILES string of the molecule is CCC(NC)c1nnc(-c2ccc(C)nc2)o1. The highest BCUT2D eigenvalue weighted by atomic mass is 16.4. The maximum atomic E-state index is 5.63. The molecule has 0 aliphatic carbocycles. The minimum Gasteiger partial charge on any atom is -0.419 e. The van der Waals surface area contributed by atoms with Crippen LogP contribution in [0.4, 0.5) is 0 Å². The highest BCUT2D eigenvalue weighted by Gasteiger charge is 2.15. The molecule has 2 aromatic rings. The van der Waals surface area contributed by atoms with Gasteiger partial charge in [-0.1, -0.05) is 6.92 Å². The second-order valence-corrected chi connectivity index (χ2v) is 3.88. The quantitative estimate of drug-likeness (QED) is 0.874. The van der Waals surface area contributed by atoms with Crippen molar-refractivity contribution in [2.45, 2.75) is 26.3 Å². The van der Waals surface area contributed by atoms with E-state index in [1.54, 1.807) is 6.20 Å². The number of nitrogens with zero attached hydrogens (tertiary/aromatic N) is 3. The van der Waals surface area contributed by atoms with Gasteiger partial charge in [0, 0.05) is 11.9 Å². The molecule has 0 radical (unpaired) electrons. The summed E-state index contributed by atoms with van der Waals surface area (Å²) in [6.45, 7) is 4.01. The second kappa shape index (κ2) is 5.05. The summed E-state index contributed by atoms with van der Waals surface area (Å²) in [7, 11) is 1.88. The molecule has 1 atom stereocenters. The van der Waals surface area contributed by atoms with Crippen molar-refractivity contribution in [1.29, 1.82) is 0 Å². The molecule has 0 amide bonds. The first-order valence-corrected chi connectivity index (χ1v) is 5.68. The van der Waals surface area contributed by atoms with Gasteiger partial charge in [-0.05, 0) is 32.5 Å². The lowest BCUT2D eigenvalue weighted by Crippen LogP contribution is -2.15. The maximum absolute atomic E-state index is 5.63.